The summed E-state index contributed by atoms with van der Waals surface area (Å²) in [5.41, 5.74) is -3.89. The Bertz CT molecular complexity index is 1580. The molecular formula is C21H5B11F3N3O3. The minimum absolute atomic E-state index is 0.125. The topological polar surface area (TPSA) is 64.6 Å². The molecule has 0 atom stereocenters. The highest BCUT2D eigenvalue weighted by Gasteiger charge is 2.39. The van der Waals surface area contributed by atoms with Crippen LogP contribution in [0.3, 0.4) is 0 Å². The molecule has 3 aromatic rings. The number of benzene rings is 2. The van der Waals surface area contributed by atoms with Gasteiger partial charge in [0.05, 0.1) is 12.1 Å². The zero-order valence-electron chi connectivity index (χ0n) is 21.0. The third-order valence-corrected chi connectivity index (χ3v) is 6.27. The monoisotopic (exact) mass is 525 g/mol. The van der Waals surface area contributed by atoms with E-state index in [0.717, 1.165) is 11.0 Å². The van der Waals surface area contributed by atoms with Crippen molar-refractivity contribution in [3.63, 3.8) is 0 Å². The van der Waals surface area contributed by atoms with Crippen molar-refractivity contribution in [1.82, 2.24) is 14.9 Å². The Morgan fingerprint density at radius 3 is 1.95 bits per heavy atom. The van der Waals surface area contributed by atoms with Gasteiger partial charge < -0.3 is 14.4 Å². The molecule has 41 heavy (non-hydrogen) atoms. The van der Waals surface area contributed by atoms with E-state index >= 15 is 0 Å². The Morgan fingerprint density at radius 2 is 1.39 bits per heavy atom. The Labute approximate surface area is 248 Å². The second kappa shape index (κ2) is 10.7. The fraction of sp³-hybridized carbons (Fsp3) is 0.190. The van der Waals surface area contributed by atoms with Gasteiger partial charge in [0.15, 0.2) is 0 Å². The summed E-state index contributed by atoms with van der Waals surface area (Å²) in [6, 6.07) is 0.977. The summed E-state index contributed by atoms with van der Waals surface area (Å²) in [5, 5.41) is -2.24. The number of amides is 1. The van der Waals surface area contributed by atoms with Crippen LogP contribution in [0, 0.1) is 0 Å². The van der Waals surface area contributed by atoms with Gasteiger partial charge in [0, 0.05) is 5.34 Å². The van der Waals surface area contributed by atoms with Gasteiger partial charge in [-0.3, -0.25) is 4.79 Å². The van der Waals surface area contributed by atoms with Crippen molar-refractivity contribution in [3.05, 3.63) is 17.5 Å². The molecule has 2 heterocycles. The lowest BCUT2D eigenvalue weighted by Gasteiger charge is -2.38. The zero-order valence-corrected chi connectivity index (χ0v) is 21.0. The number of alkyl halides is 3. The van der Waals surface area contributed by atoms with E-state index in [2.05, 4.69) is 14.7 Å². The van der Waals surface area contributed by atoms with Crippen molar-refractivity contribution < 1.29 is 27.4 Å². The van der Waals surface area contributed by atoms with Gasteiger partial charge in [-0.1, -0.05) is 44.3 Å². The van der Waals surface area contributed by atoms with Gasteiger partial charge >= 0.3 is 6.36 Å². The van der Waals surface area contributed by atoms with Crippen LogP contribution in [-0.2, 0) is 5.34 Å². The number of halogens is 3. The second-order valence-corrected chi connectivity index (χ2v) is 8.90. The minimum Gasteiger partial charge on any atom is -0.492 e. The number of ether oxygens (including phenoxy) is 2. The number of carbonyl (C=O) groups excluding carboxylic acids is 1. The fourth-order valence-corrected chi connectivity index (χ4v) is 4.23. The van der Waals surface area contributed by atoms with E-state index in [-0.39, 0.29) is 74.5 Å². The third-order valence-electron chi connectivity index (χ3n) is 6.27. The van der Waals surface area contributed by atoms with Crippen LogP contribution in [0.15, 0.2) is 6.07 Å². The molecule has 0 fully saturated rings. The summed E-state index contributed by atoms with van der Waals surface area (Å²) in [7, 11) is 66.4. The number of aromatic nitrogens is 2. The molecular weight excluding hydrogens is 518 g/mol. The molecule has 0 aliphatic carbocycles. The summed E-state index contributed by atoms with van der Waals surface area (Å²) in [4.78, 5) is 22.7. The van der Waals surface area contributed by atoms with Crippen LogP contribution in [0.5, 0.6) is 11.5 Å². The number of nitrogens with zero attached hydrogens (tertiary/aromatic N) is 3. The number of hydrogen-bond acceptors (Lipinski definition) is 5. The summed E-state index contributed by atoms with van der Waals surface area (Å²) in [6.45, 7) is -0.448. The van der Waals surface area contributed by atoms with E-state index in [4.69, 9.17) is 91.0 Å². The second-order valence-electron chi connectivity index (χ2n) is 8.90. The highest BCUT2D eigenvalue weighted by atomic mass is 19.4. The maximum absolute atomic E-state index is 13.9. The molecule has 0 N–H and O–H groups in total. The van der Waals surface area contributed by atoms with Gasteiger partial charge in [0.25, 0.3) is 5.91 Å². The van der Waals surface area contributed by atoms with Crippen molar-refractivity contribution in [2.45, 2.75) is 11.7 Å². The lowest BCUT2D eigenvalue weighted by atomic mass is 9.59. The minimum atomic E-state index is -5.13. The first kappa shape index (κ1) is 31.0. The largest absolute Gasteiger partial charge is 0.573 e. The van der Waals surface area contributed by atoms with Crippen molar-refractivity contribution in [3.8, 4) is 22.6 Å². The summed E-state index contributed by atoms with van der Waals surface area (Å²) in [6.07, 6.45) is -5.13. The van der Waals surface area contributed by atoms with E-state index in [1.807, 2.05) is 0 Å². The van der Waals surface area contributed by atoms with Crippen LogP contribution in [0.1, 0.15) is 16.2 Å². The van der Waals surface area contributed by atoms with Crippen LogP contribution in [-0.4, -0.2) is 127 Å². The molecule has 22 radical (unpaired) electrons. The number of fused-ring (bicyclic) bond motifs is 1. The highest BCUT2D eigenvalue weighted by molar-refractivity contribution is 6.60. The van der Waals surface area contributed by atoms with Crippen molar-refractivity contribution in [2.75, 3.05) is 13.2 Å². The molecule has 6 nitrogen and oxygen atoms in total. The van der Waals surface area contributed by atoms with Gasteiger partial charge in [-0.25, -0.2) is 9.97 Å². The van der Waals surface area contributed by atoms with E-state index < -0.39 is 39.7 Å². The maximum Gasteiger partial charge on any atom is 0.573 e. The Morgan fingerprint density at radius 1 is 0.805 bits per heavy atom. The van der Waals surface area contributed by atoms with Crippen LogP contribution in [0.25, 0.3) is 11.1 Å². The lowest BCUT2D eigenvalue weighted by molar-refractivity contribution is -0.273. The molecule has 4 rings (SSSR count). The van der Waals surface area contributed by atoms with Crippen molar-refractivity contribution >= 4 is 142 Å². The lowest BCUT2D eigenvalue weighted by Crippen LogP contribution is -2.56. The van der Waals surface area contributed by atoms with Crippen LogP contribution in [0.2, 0.25) is 0 Å². The van der Waals surface area contributed by atoms with Gasteiger partial charge in [-0.15, -0.1) is 13.2 Å². The van der Waals surface area contributed by atoms with Crippen LogP contribution < -0.4 is 58.9 Å². The number of carbonyl (C=O) groups is 1. The van der Waals surface area contributed by atoms with E-state index in [9.17, 15) is 18.0 Å². The standard InChI is InChI=1S/C21H5B11F3N3O3/c22-5-3-4(8(23)11(26)14(5)41-21(33,34)35)6-9(24)7-15(12(27)10(6)25)40-2-1-38(18(7)39)20(31,32)19-36-16(29)13(28)17(30)37-19/h3H,1-2H2. The van der Waals surface area contributed by atoms with E-state index in [1.54, 1.807) is 0 Å². The SMILES string of the molecule is [B]c1cc(-c2c([B])c([B])c3c(c2[B])C(=O)N(C([B])([B])c2nc([B])c([B])c([B])n2)CCO3)c([B])c([B])c1OC(F)(F)F. The highest BCUT2D eigenvalue weighted by Crippen LogP contribution is 2.28. The molecule has 0 spiro atoms. The van der Waals surface area contributed by atoms with E-state index in [0.29, 0.717) is 0 Å². The van der Waals surface area contributed by atoms with Gasteiger partial charge in [-0.05, 0) is 22.3 Å². The van der Waals surface area contributed by atoms with E-state index in [1.165, 1.54) is 0 Å². The van der Waals surface area contributed by atoms with Crippen molar-refractivity contribution in [1.29, 1.82) is 0 Å². The molecule has 0 saturated carbocycles. The molecule has 1 aromatic heterocycles. The summed E-state index contributed by atoms with van der Waals surface area (Å²) < 4.78 is 48.3. The predicted molar refractivity (Wildman–Crippen MR) is 159 cm³/mol. The quantitative estimate of drug-likeness (QED) is 0.319. The molecule has 1 aliphatic heterocycles. The predicted octanol–water partition coefficient (Wildman–Crippen LogP) is -7.83. The first-order chi connectivity index (χ1) is 18.9. The fourth-order valence-electron chi connectivity index (χ4n) is 4.23. The Kier molecular flexibility index (Phi) is 8.13. The first-order valence-corrected chi connectivity index (χ1v) is 11.3. The molecule has 176 valence electrons. The smallest absolute Gasteiger partial charge is 0.492 e. The molecule has 0 saturated heterocycles. The molecule has 1 amide bonds. The number of rotatable bonds is 4. The average Bonchev–Trinajstić information content (AvgIpc) is 3.05. The zero-order chi connectivity index (χ0) is 30.8. The molecule has 1 aliphatic rings. The Hall–Kier alpha value is -2.91. The average molecular weight is 523 g/mol. The molecule has 2 aromatic carbocycles. The van der Waals surface area contributed by atoms with Crippen molar-refractivity contribution in [2.24, 2.45) is 0 Å². The summed E-state index contributed by atoms with van der Waals surface area (Å²) >= 11 is 0. The van der Waals surface area contributed by atoms with Crippen LogP contribution >= 0.6 is 0 Å². The van der Waals surface area contributed by atoms with Crippen LogP contribution in [0.4, 0.5) is 13.2 Å². The molecule has 0 bridgehead atoms. The number of hydrogen-bond donors (Lipinski definition) is 0. The van der Waals surface area contributed by atoms with Gasteiger partial charge in [0.2, 0.25) is 0 Å². The normalized spacial score (nSPS) is 13.8. The third kappa shape index (κ3) is 5.39. The maximum atomic E-state index is 13.9. The van der Waals surface area contributed by atoms with Gasteiger partial charge in [0.1, 0.15) is 110 Å². The molecule has 0 unspecified atom stereocenters. The molecule has 20 heteroatoms. The summed E-state index contributed by atoms with van der Waals surface area (Å²) in [5.74, 6) is -2.46. The Balaban J connectivity index is 1.92. The first-order valence-electron chi connectivity index (χ1n) is 11.3. The van der Waals surface area contributed by atoms with Gasteiger partial charge in [-0.2, -0.15) is 0 Å².